The molecule has 27 heavy (non-hydrogen) atoms. The average Bonchev–Trinajstić information content (AvgIpc) is 3.18. The van der Waals surface area contributed by atoms with Crippen LogP contribution in [0.25, 0.3) is 0 Å². The van der Waals surface area contributed by atoms with Crippen molar-refractivity contribution < 1.29 is 4.79 Å². The SMILES string of the molecule is CC(C(=O)N1CC(c2cccnc2)C2C1C1CCN2CC1)c1ccccc1. The van der Waals surface area contributed by atoms with Gasteiger partial charge in [0.15, 0.2) is 0 Å². The number of piperidine rings is 3. The standard InChI is InChI=1S/C23H27N3O/c1-16(17-6-3-2-4-7-17)23(27)26-15-20(19-8-5-11-24-14-19)22-21(26)18-9-12-25(22)13-10-18/h2-8,11,14,16,18,20-22H,9-10,12-13,15H2,1H3. The Morgan fingerprint density at radius 1 is 1.07 bits per heavy atom. The molecular weight excluding hydrogens is 334 g/mol. The molecule has 5 heterocycles. The minimum atomic E-state index is -0.0880. The van der Waals surface area contributed by atoms with Crippen LogP contribution in [0.1, 0.15) is 42.7 Å². The van der Waals surface area contributed by atoms with Crippen LogP contribution in [0.5, 0.6) is 0 Å². The molecule has 1 aromatic carbocycles. The monoisotopic (exact) mass is 361 g/mol. The van der Waals surface area contributed by atoms with Crippen molar-refractivity contribution in [2.24, 2.45) is 5.92 Å². The molecule has 0 N–H and O–H groups in total. The fraction of sp³-hybridized carbons (Fsp3) is 0.478. The number of carbonyl (C=O) groups is 1. The summed E-state index contributed by atoms with van der Waals surface area (Å²) in [5.41, 5.74) is 2.40. The highest BCUT2D eigenvalue weighted by atomic mass is 16.2. The van der Waals surface area contributed by atoms with Gasteiger partial charge >= 0.3 is 0 Å². The van der Waals surface area contributed by atoms with Crippen LogP contribution in [0.4, 0.5) is 0 Å². The van der Waals surface area contributed by atoms with Gasteiger partial charge in [0.25, 0.3) is 0 Å². The topological polar surface area (TPSA) is 36.4 Å². The highest BCUT2D eigenvalue weighted by molar-refractivity contribution is 5.84. The molecule has 0 spiro atoms. The van der Waals surface area contributed by atoms with Crippen LogP contribution < -0.4 is 0 Å². The lowest BCUT2D eigenvalue weighted by atomic mass is 9.75. The molecule has 4 unspecified atom stereocenters. The third kappa shape index (κ3) is 2.78. The number of fused-ring (bicyclic) bond motifs is 2. The van der Waals surface area contributed by atoms with Crippen LogP contribution in [-0.2, 0) is 4.79 Å². The number of carbonyl (C=O) groups excluding carboxylic acids is 1. The van der Waals surface area contributed by atoms with Crippen LogP contribution in [-0.4, -0.2) is 52.4 Å². The first-order valence-corrected chi connectivity index (χ1v) is 10.2. The van der Waals surface area contributed by atoms with Gasteiger partial charge in [-0.3, -0.25) is 14.7 Å². The largest absolute Gasteiger partial charge is 0.337 e. The quantitative estimate of drug-likeness (QED) is 0.842. The summed E-state index contributed by atoms with van der Waals surface area (Å²) in [6.45, 7) is 5.24. The summed E-state index contributed by atoms with van der Waals surface area (Å²) in [5, 5.41) is 0. The van der Waals surface area contributed by atoms with E-state index in [9.17, 15) is 4.79 Å². The third-order valence-corrected chi connectivity index (χ3v) is 7.06. The Labute approximate surface area is 161 Å². The fourth-order valence-corrected chi connectivity index (χ4v) is 5.69. The number of hydrogen-bond acceptors (Lipinski definition) is 3. The van der Waals surface area contributed by atoms with E-state index in [1.807, 2.05) is 36.7 Å². The smallest absolute Gasteiger partial charge is 0.230 e. The molecule has 4 saturated heterocycles. The number of rotatable bonds is 3. The van der Waals surface area contributed by atoms with Gasteiger partial charge in [-0.05, 0) is 56.0 Å². The average molecular weight is 361 g/mol. The van der Waals surface area contributed by atoms with E-state index in [-0.39, 0.29) is 11.8 Å². The summed E-state index contributed by atoms with van der Waals surface area (Å²) in [5.74, 6) is 1.22. The first-order chi connectivity index (χ1) is 13.2. The van der Waals surface area contributed by atoms with Gasteiger partial charge in [-0.15, -0.1) is 0 Å². The van der Waals surface area contributed by atoms with E-state index in [2.05, 4.69) is 39.9 Å². The van der Waals surface area contributed by atoms with Crippen LogP contribution in [0.3, 0.4) is 0 Å². The van der Waals surface area contributed by atoms with Crippen LogP contribution in [0.2, 0.25) is 0 Å². The molecule has 140 valence electrons. The first kappa shape index (κ1) is 16.9. The van der Waals surface area contributed by atoms with Crippen LogP contribution >= 0.6 is 0 Å². The highest BCUT2D eigenvalue weighted by Gasteiger charge is 2.55. The number of aromatic nitrogens is 1. The number of hydrogen-bond donors (Lipinski definition) is 0. The van der Waals surface area contributed by atoms with E-state index in [4.69, 9.17) is 0 Å². The molecule has 2 bridgehead atoms. The number of amides is 1. The minimum absolute atomic E-state index is 0.0880. The highest BCUT2D eigenvalue weighted by Crippen LogP contribution is 2.47. The Morgan fingerprint density at radius 3 is 2.56 bits per heavy atom. The summed E-state index contributed by atoms with van der Waals surface area (Å²) in [6.07, 6.45) is 6.29. The second-order valence-corrected chi connectivity index (χ2v) is 8.37. The van der Waals surface area contributed by atoms with Crippen molar-refractivity contribution in [2.75, 3.05) is 19.6 Å². The molecule has 4 atom stereocenters. The molecule has 0 aliphatic carbocycles. The first-order valence-electron chi connectivity index (χ1n) is 10.2. The van der Waals surface area contributed by atoms with E-state index < -0.39 is 0 Å². The van der Waals surface area contributed by atoms with E-state index in [1.54, 1.807) is 0 Å². The van der Waals surface area contributed by atoms with Gasteiger partial charge in [-0.2, -0.15) is 0 Å². The lowest BCUT2D eigenvalue weighted by molar-refractivity contribution is -0.137. The Balaban J connectivity index is 1.48. The third-order valence-electron chi connectivity index (χ3n) is 7.06. The molecule has 4 aliphatic heterocycles. The predicted molar refractivity (Wildman–Crippen MR) is 105 cm³/mol. The Kier molecular flexibility index (Phi) is 4.24. The van der Waals surface area contributed by atoms with Crippen molar-refractivity contribution in [3.63, 3.8) is 0 Å². The van der Waals surface area contributed by atoms with E-state index in [1.165, 1.54) is 31.5 Å². The minimum Gasteiger partial charge on any atom is -0.337 e. The Bertz CT molecular complexity index is 801. The molecule has 4 heteroatoms. The van der Waals surface area contributed by atoms with Crippen molar-refractivity contribution >= 4 is 5.91 Å². The van der Waals surface area contributed by atoms with Crippen molar-refractivity contribution in [1.29, 1.82) is 0 Å². The van der Waals surface area contributed by atoms with Crippen molar-refractivity contribution in [1.82, 2.24) is 14.8 Å². The van der Waals surface area contributed by atoms with E-state index in [0.29, 0.717) is 23.9 Å². The van der Waals surface area contributed by atoms with Gasteiger partial charge in [-0.25, -0.2) is 0 Å². The molecule has 0 radical (unpaired) electrons. The van der Waals surface area contributed by atoms with Gasteiger partial charge in [0.2, 0.25) is 5.91 Å². The maximum absolute atomic E-state index is 13.5. The second kappa shape index (κ2) is 6.75. The summed E-state index contributed by atoms with van der Waals surface area (Å²) in [7, 11) is 0. The second-order valence-electron chi connectivity index (χ2n) is 8.37. The maximum atomic E-state index is 13.5. The zero-order chi connectivity index (χ0) is 18.4. The molecule has 4 nitrogen and oxygen atoms in total. The molecule has 6 rings (SSSR count). The molecule has 4 fully saturated rings. The number of benzene rings is 1. The van der Waals surface area contributed by atoms with Crippen LogP contribution in [0.15, 0.2) is 54.9 Å². The van der Waals surface area contributed by atoms with Gasteiger partial charge in [-0.1, -0.05) is 36.4 Å². The normalized spacial score (nSPS) is 32.9. The summed E-state index contributed by atoms with van der Waals surface area (Å²) < 4.78 is 0. The lowest BCUT2D eigenvalue weighted by Gasteiger charge is -2.51. The van der Waals surface area contributed by atoms with Crippen LogP contribution in [0, 0.1) is 5.92 Å². The van der Waals surface area contributed by atoms with Gasteiger partial charge in [0.05, 0.1) is 12.0 Å². The van der Waals surface area contributed by atoms with Gasteiger partial charge < -0.3 is 4.90 Å². The van der Waals surface area contributed by atoms with Gasteiger partial charge in [0, 0.05) is 30.9 Å². The summed E-state index contributed by atoms with van der Waals surface area (Å²) in [4.78, 5) is 22.8. The zero-order valence-electron chi connectivity index (χ0n) is 15.9. The summed E-state index contributed by atoms with van der Waals surface area (Å²) in [6, 6.07) is 15.2. The number of likely N-dealkylation sites (tertiary alicyclic amines) is 1. The fourth-order valence-electron chi connectivity index (χ4n) is 5.69. The maximum Gasteiger partial charge on any atom is 0.230 e. The molecular formula is C23H27N3O. The molecule has 0 saturated carbocycles. The van der Waals surface area contributed by atoms with E-state index >= 15 is 0 Å². The molecule has 4 aliphatic rings. The lowest BCUT2D eigenvalue weighted by Crippen LogP contribution is -2.61. The van der Waals surface area contributed by atoms with E-state index in [0.717, 1.165) is 12.1 Å². The Hall–Kier alpha value is -2.20. The molecule has 2 aromatic rings. The van der Waals surface area contributed by atoms with Crippen molar-refractivity contribution in [3.05, 3.63) is 66.0 Å². The molecule has 1 amide bonds. The number of pyridine rings is 1. The van der Waals surface area contributed by atoms with Crippen molar-refractivity contribution in [2.45, 2.75) is 43.7 Å². The predicted octanol–water partition coefficient (Wildman–Crippen LogP) is 3.27. The zero-order valence-corrected chi connectivity index (χ0v) is 15.9. The molecule has 1 aromatic heterocycles. The Morgan fingerprint density at radius 2 is 1.85 bits per heavy atom. The van der Waals surface area contributed by atoms with Gasteiger partial charge in [0.1, 0.15) is 0 Å². The van der Waals surface area contributed by atoms with Crippen molar-refractivity contribution in [3.8, 4) is 0 Å². The number of nitrogens with zero attached hydrogens (tertiary/aromatic N) is 3. The summed E-state index contributed by atoms with van der Waals surface area (Å²) >= 11 is 0.